The van der Waals surface area contributed by atoms with Crippen LogP contribution in [0.2, 0.25) is 0 Å². The second-order valence-corrected chi connectivity index (χ2v) is 4.08. The lowest BCUT2D eigenvalue weighted by Crippen LogP contribution is -2.38. The topological polar surface area (TPSA) is 70.8 Å². The van der Waals surface area contributed by atoms with E-state index in [4.69, 9.17) is 19.9 Å². The molecule has 0 atom stereocenters. The van der Waals surface area contributed by atoms with Crippen molar-refractivity contribution in [3.8, 4) is 0 Å². The highest BCUT2D eigenvalue weighted by atomic mass is 16.7. The van der Waals surface area contributed by atoms with E-state index >= 15 is 0 Å². The Hall–Kier alpha value is -0.650. The fourth-order valence-electron chi connectivity index (χ4n) is 2.18. The van der Waals surface area contributed by atoms with Crippen LogP contribution in [-0.2, 0) is 19.0 Å². The molecule has 1 spiro atoms. The summed E-state index contributed by atoms with van der Waals surface area (Å²) in [6.45, 7) is 1.39. The van der Waals surface area contributed by atoms with E-state index in [9.17, 15) is 4.79 Å². The molecular weight excluding hydrogens is 198 g/mol. The number of amides is 1. The standard InChI is InChI=1S/C10H17NO4/c11-9(12)7-13-8-1-3-10(4-2-8)14-5-6-15-10/h8H,1-7H2,(H2,11,12). The van der Waals surface area contributed by atoms with Crippen molar-refractivity contribution in [2.75, 3.05) is 19.8 Å². The van der Waals surface area contributed by atoms with Crippen LogP contribution in [0.1, 0.15) is 25.7 Å². The summed E-state index contributed by atoms with van der Waals surface area (Å²) in [5.41, 5.74) is 5.01. The highest BCUT2D eigenvalue weighted by Gasteiger charge is 2.40. The van der Waals surface area contributed by atoms with Crippen molar-refractivity contribution in [1.82, 2.24) is 0 Å². The third kappa shape index (κ3) is 2.68. The number of carbonyl (C=O) groups is 1. The van der Waals surface area contributed by atoms with Gasteiger partial charge in [-0.1, -0.05) is 0 Å². The fraction of sp³-hybridized carbons (Fsp3) is 0.900. The Morgan fingerprint density at radius 1 is 1.33 bits per heavy atom. The van der Waals surface area contributed by atoms with Crippen LogP contribution in [0.3, 0.4) is 0 Å². The van der Waals surface area contributed by atoms with Crippen molar-refractivity contribution >= 4 is 5.91 Å². The minimum Gasteiger partial charge on any atom is -0.368 e. The zero-order chi connectivity index (χ0) is 10.7. The molecule has 2 N–H and O–H groups in total. The molecule has 1 aliphatic carbocycles. The number of rotatable bonds is 3. The predicted molar refractivity (Wildman–Crippen MR) is 52.0 cm³/mol. The summed E-state index contributed by atoms with van der Waals surface area (Å²) in [5.74, 6) is -0.768. The molecule has 5 heteroatoms. The first kappa shape index (κ1) is 10.9. The molecule has 0 unspecified atom stereocenters. The Morgan fingerprint density at radius 3 is 2.47 bits per heavy atom. The van der Waals surface area contributed by atoms with Crippen molar-refractivity contribution in [2.24, 2.45) is 5.73 Å². The Balaban J connectivity index is 1.74. The van der Waals surface area contributed by atoms with Gasteiger partial charge in [0, 0.05) is 12.8 Å². The third-order valence-corrected chi connectivity index (χ3v) is 2.97. The largest absolute Gasteiger partial charge is 0.368 e. The average Bonchev–Trinajstić information content (AvgIpc) is 2.66. The van der Waals surface area contributed by atoms with Gasteiger partial charge >= 0.3 is 0 Å². The number of nitrogens with two attached hydrogens (primary N) is 1. The van der Waals surface area contributed by atoms with Gasteiger partial charge in [0.25, 0.3) is 0 Å². The molecule has 1 amide bonds. The molecule has 15 heavy (non-hydrogen) atoms. The first-order chi connectivity index (χ1) is 7.20. The predicted octanol–water partition coefficient (Wildman–Crippen LogP) is 0.174. The van der Waals surface area contributed by atoms with Crippen LogP contribution in [0.5, 0.6) is 0 Å². The van der Waals surface area contributed by atoms with Crippen LogP contribution >= 0.6 is 0 Å². The molecule has 1 aliphatic heterocycles. The van der Waals surface area contributed by atoms with Crippen LogP contribution in [0.15, 0.2) is 0 Å². The Morgan fingerprint density at radius 2 is 1.93 bits per heavy atom. The summed E-state index contributed by atoms with van der Waals surface area (Å²) in [4.78, 5) is 10.5. The first-order valence-electron chi connectivity index (χ1n) is 5.38. The van der Waals surface area contributed by atoms with Crippen molar-refractivity contribution < 1.29 is 19.0 Å². The zero-order valence-electron chi connectivity index (χ0n) is 8.74. The van der Waals surface area contributed by atoms with Gasteiger partial charge in [-0.05, 0) is 12.8 Å². The zero-order valence-corrected chi connectivity index (χ0v) is 8.74. The highest BCUT2D eigenvalue weighted by Crippen LogP contribution is 2.36. The van der Waals surface area contributed by atoms with E-state index in [1.165, 1.54) is 0 Å². The molecule has 1 saturated carbocycles. The van der Waals surface area contributed by atoms with E-state index in [2.05, 4.69) is 0 Å². The molecule has 2 rings (SSSR count). The molecule has 0 radical (unpaired) electrons. The molecule has 1 saturated heterocycles. The van der Waals surface area contributed by atoms with Crippen molar-refractivity contribution in [3.63, 3.8) is 0 Å². The summed E-state index contributed by atoms with van der Waals surface area (Å²) < 4.78 is 16.5. The molecule has 1 heterocycles. The maximum absolute atomic E-state index is 10.5. The van der Waals surface area contributed by atoms with Crippen LogP contribution in [0.25, 0.3) is 0 Å². The minimum absolute atomic E-state index is 0.0133. The maximum atomic E-state index is 10.5. The third-order valence-electron chi connectivity index (χ3n) is 2.97. The highest BCUT2D eigenvalue weighted by molar-refractivity contribution is 5.75. The second-order valence-electron chi connectivity index (χ2n) is 4.08. The van der Waals surface area contributed by atoms with Crippen molar-refractivity contribution in [3.05, 3.63) is 0 Å². The van der Waals surface area contributed by atoms with Crippen molar-refractivity contribution in [1.29, 1.82) is 0 Å². The minimum atomic E-state index is -0.413. The Kier molecular flexibility index (Phi) is 3.23. The lowest BCUT2D eigenvalue weighted by molar-refractivity contribution is -0.191. The number of hydrogen-bond acceptors (Lipinski definition) is 4. The van der Waals surface area contributed by atoms with E-state index in [-0.39, 0.29) is 18.5 Å². The van der Waals surface area contributed by atoms with Gasteiger partial charge in [-0.3, -0.25) is 4.79 Å². The summed E-state index contributed by atoms with van der Waals surface area (Å²) in [6.07, 6.45) is 3.55. The van der Waals surface area contributed by atoms with Crippen LogP contribution < -0.4 is 5.73 Å². The van der Waals surface area contributed by atoms with Crippen LogP contribution in [0.4, 0.5) is 0 Å². The molecular formula is C10H17NO4. The van der Waals surface area contributed by atoms with E-state index in [0.29, 0.717) is 13.2 Å². The smallest absolute Gasteiger partial charge is 0.243 e. The van der Waals surface area contributed by atoms with Gasteiger partial charge in [-0.25, -0.2) is 0 Å². The molecule has 2 fully saturated rings. The lowest BCUT2D eigenvalue weighted by Gasteiger charge is -2.35. The molecule has 0 aromatic rings. The monoisotopic (exact) mass is 215 g/mol. The lowest BCUT2D eigenvalue weighted by atomic mass is 9.92. The average molecular weight is 215 g/mol. The molecule has 0 bridgehead atoms. The van der Waals surface area contributed by atoms with E-state index < -0.39 is 5.91 Å². The quantitative estimate of drug-likeness (QED) is 0.728. The summed E-state index contributed by atoms with van der Waals surface area (Å²) in [7, 11) is 0. The Bertz CT molecular complexity index is 228. The number of ether oxygens (including phenoxy) is 3. The SMILES string of the molecule is NC(=O)COC1CCC2(CC1)OCCO2. The molecule has 2 aliphatic rings. The van der Waals surface area contributed by atoms with Gasteiger partial charge in [-0.2, -0.15) is 0 Å². The summed E-state index contributed by atoms with van der Waals surface area (Å²) in [5, 5.41) is 0. The van der Waals surface area contributed by atoms with Gasteiger partial charge in [-0.15, -0.1) is 0 Å². The molecule has 86 valence electrons. The Labute approximate surface area is 88.9 Å². The second kappa shape index (κ2) is 4.47. The number of carbonyl (C=O) groups excluding carboxylic acids is 1. The van der Waals surface area contributed by atoms with E-state index in [1.807, 2.05) is 0 Å². The van der Waals surface area contributed by atoms with Gasteiger partial charge in [0.2, 0.25) is 5.91 Å². The molecule has 0 aromatic heterocycles. The van der Waals surface area contributed by atoms with Gasteiger partial charge in [0.1, 0.15) is 6.61 Å². The molecule has 5 nitrogen and oxygen atoms in total. The summed E-state index contributed by atoms with van der Waals surface area (Å²) >= 11 is 0. The van der Waals surface area contributed by atoms with Gasteiger partial charge < -0.3 is 19.9 Å². The van der Waals surface area contributed by atoms with E-state index in [0.717, 1.165) is 25.7 Å². The summed E-state index contributed by atoms with van der Waals surface area (Å²) in [6, 6.07) is 0. The number of hydrogen-bond donors (Lipinski definition) is 1. The van der Waals surface area contributed by atoms with Gasteiger partial charge in [0.05, 0.1) is 19.3 Å². The van der Waals surface area contributed by atoms with Crippen LogP contribution in [-0.4, -0.2) is 37.6 Å². The first-order valence-corrected chi connectivity index (χ1v) is 5.38. The maximum Gasteiger partial charge on any atom is 0.243 e. The normalized spacial score (nSPS) is 25.9. The van der Waals surface area contributed by atoms with Crippen molar-refractivity contribution in [2.45, 2.75) is 37.6 Å². The fourth-order valence-corrected chi connectivity index (χ4v) is 2.18. The number of primary amides is 1. The van der Waals surface area contributed by atoms with Gasteiger partial charge in [0.15, 0.2) is 5.79 Å². The molecule has 0 aromatic carbocycles. The van der Waals surface area contributed by atoms with E-state index in [1.54, 1.807) is 0 Å². The van der Waals surface area contributed by atoms with Crippen LogP contribution in [0, 0.1) is 0 Å².